The molecule has 1 rings (SSSR count). The summed E-state index contributed by atoms with van der Waals surface area (Å²) in [7, 11) is 0. The van der Waals surface area contributed by atoms with Gasteiger partial charge in [-0.1, -0.05) is 20.8 Å². The van der Waals surface area contributed by atoms with Crippen molar-refractivity contribution in [3.05, 3.63) is 12.3 Å². The summed E-state index contributed by atoms with van der Waals surface area (Å²) < 4.78 is 5.75. The van der Waals surface area contributed by atoms with Crippen LogP contribution in [0.1, 0.15) is 34.1 Å². The lowest BCUT2D eigenvalue weighted by Gasteiger charge is -2.30. The molecular weight excluding hydrogens is 150 g/mol. The van der Waals surface area contributed by atoms with Crippen molar-refractivity contribution in [1.82, 2.24) is 0 Å². The average Bonchev–Trinajstić information content (AvgIpc) is 2.05. The van der Waals surface area contributed by atoms with E-state index in [1.807, 2.05) is 12.3 Å². The maximum absolute atomic E-state index is 5.75. The Hall–Kier alpha value is -0.790. The molecule has 1 heterocycles. The summed E-state index contributed by atoms with van der Waals surface area (Å²) in [5.41, 5.74) is -0.138. The summed E-state index contributed by atoms with van der Waals surface area (Å²) in [6, 6.07) is 0. The van der Waals surface area contributed by atoms with E-state index in [4.69, 9.17) is 4.74 Å². The zero-order valence-corrected chi connectivity index (χ0v) is 8.29. The minimum atomic E-state index is -0.138. The molecule has 68 valence electrons. The van der Waals surface area contributed by atoms with Gasteiger partial charge in [-0.3, -0.25) is 0 Å². The van der Waals surface area contributed by atoms with Crippen molar-refractivity contribution in [2.75, 3.05) is 0 Å². The fourth-order valence-electron chi connectivity index (χ4n) is 1.02. The van der Waals surface area contributed by atoms with E-state index in [0.717, 1.165) is 12.3 Å². The molecular formula is C10H17NO. The minimum Gasteiger partial charge on any atom is -0.470 e. The first kappa shape index (κ1) is 9.30. The topological polar surface area (TPSA) is 21.6 Å². The third-order valence-corrected chi connectivity index (χ3v) is 2.16. The molecule has 12 heavy (non-hydrogen) atoms. The lowest BCUT2D eigenvalue weighted by Crippen LogP contribution is -2.32. The molecule has 1 unspecified atom stereocenters. The van der Waals surface area contributed by atoms with E-state index in [-0.39, 0.29) is 5.60 Å². The second kappa shape index (κ2) is 3.30. The largest absolute Gasteiger partial charge is 0.470 e. The maximum Gasteiger partial charge on any atom is 0.191 e. The van der Waals surface area contributed by atoms with Crippen LogP contribution < -0.4 is 0 Å². The number of nitrogens with zero attached hydrogens (tertiary/aromatic N) is 1. The van der Waals surface area contributed by atoms with Gasteiger partial charge in [-0.15, -0.1) is 0 Å². The van der Waals surface area contributed by atoms with Gasteiger partial charge in [-0.05, 0) is 19.4 Å². The molecule has 0 saturated heterocycles. The van der Waals surface area contributed by atoms with Crippen molar-refractivity contribution in [2.45, 2.75) is 39.7 Å². The van der Waals surface area contributed by atoms with Gasteiger partial charge in [0.15, 0.2) is 5.90 Å². The van der Waals surface area contributed by atoms with Crippen molar-refractivity contribution in [1.29, 1.82) is 0 Å². The van der Waals surface area contributed by atoms with Crippen molar-refractivity contribution in [3.8, 4) is 0 Å². The molecule has 1 atom stereocenters. The normalized spacial score (nSPS) is 28.6. The Labute approximate surface area is 74.3 Å². The molecule has 0 radical (unpaired) electrons. The summed E-state index contributed by atoms with van der Waals surface area (Å²) in [4.78, 5) is 4.19. The van der Waals surface area contributed by atoms with Gasteiger partial charge < -0.3 is 4.74 Å². The molecule has 0 bridgehead atoms. The molecule has 0 N–H and O–H groups in total. The van der Waals surface area contributed by atoms with Gasteiger partial charge in [0.1, 0.15) is 5.60 Å². The first-order valence-corrected chi connectivity index (χ1v) is 4.52. The van der Waals surface area contributed by atoms with Crippen LogP contribution in [0.2, 0.25) is 0 Å². The summed E-state index contributed by atoms with van der Waals surface area (Å²) in [5, 5.41) is 0. The van der Waals surface area contributed by atoms with Crippen LogP contribution in [0.25, 0.3) is 0 Å². The van der Waals surface area contributed by atoms with E-state index in [0.29, 0.717) is 5.92 Å². The molecule has 0 saturated carbocycles. The number of aliphatic imine (C=N–C) groups is 1. The fourth-order valence-corrected chi connectivity index (χ4v) is 1.02. The van der Waals surface area contributed by atoms with Crippen molar-refractivity contribution >= 4 is 5.90 Å². The lowest BCUT2D eigenvalue weighted by molar-refractivity contribution is 0.108. The molecule has 2 heteroatoms. The number of hydrogen-bond donors (Lipinski definition) is 0. The first-order valence-electron chi connectivity index (χ1n) is 4.52. The third kappa shape index (κ3) is 1.87. The van der Waals surface area contributed by atoms with Crippen LogP contribution in [-0.2, 0) is 4.74 Å². The van der Waals surface area contributed by atoms with Crippen LogP contribution in [0, 0.1) is 5.92 Å². The van der Waals surface area contributed by atoms with Crippen molar-refractivity contribution < 1.29 is 4.74 Å². The highest BCUT2D eigenvalue weighted by atomic mass is 16.5. The van der Waals surface area contributed by atoms with Crippen LogP contribution in [-0.4, -0.2) is 11.5 Å². The Bertz CT molecular complexity index is 218. The predicted molar refractivity (Wildman–Crippen MR) is 51.2 cm³/mol. The molecule has 1 aliphatic rings. The highest BCUT2D eigenvalue weighted by Gasteiger charge is 2.25. The Balaban J connectivity index is 2.73. The standard InChI is InChI=1S/C10H17NO/c1-5-10(4)6-7-11-9(12-10)8(2)3/h6-8H,5H2,1-4H3. The van der Waals surface area contributed by atoms with E-state index in [1.165, 1.54) is 0 Å². The maximum atomic E-state index is 5.75. The van der Waals surface area contributed by atoms with Crippen molar-refractivity contribution in [3.63, 3.8) is 0 Å². The number of hydrogen-bond acceptors (Lipinski definition) is 2. The van der Waals surface area contributed by atoms with Gasteiger partial charge in [0.05, 0.1) is 0 Å². The van der Waals surface area contributed by atoms with Gasteiger partial charge in [-0.25, -0.2) is 4.99 Å². The van der Waals surface area contributed by atoms with Gasteiger partial charge in [-0.2, -0.15) is 0 Å². The Morgan fingerprint density at radius 2 is 2.25 bits per heavy atom. The Morgan fingerprint density at radius 3 is 2.75 bits per heavy atom. The van der Waals surface area contributed by atoms with Crippen LogP contribution in [0.4, 0.5) is 0 Å². The zero-order valence-electron chi connectivity index (χ0n) is 8.29. The zero-order chi connectivity index (χ0) is 9.19. The lowest BCUT2D eigenvalue weighted by atomic mass is 10.0. The third-order valence-electron chi connectivity index (χ3n) is 2.16. The predicted octanol–water partition coefficient (Wildman–Crippen LogP) is 2.75. The Kier molecular flexibility index (Phi) is 2.55. The quantitative estimate of drug-likeness (QED) is 0.619. The van der Waals surface area contributed by atoms with Gasteiger partial charge in [0.2, 0.25) is 0 Å². The van der Waals surface area contributed by atoms with E-state index in [1.54, 1.807) is 0 Å². The summed E-state index contributed by atoms with van der Waals surface area (Å²) in [6.45, 7) is 8.39. The monoisotopic (exact) mass is 167 g/mol. The average molecular weight is 167 g/mol. The van der Waals surface area contributed by atoms with Gasteiger partial charge in [0.25, 0.3) is 0 Å². The first-order chi connectivity index (χ1) is 5.57. The highest BCUT2D eigenvalue weighted by molar-refractivity contribution is 5.80. The van der Waals surface area contributed by atoms with Crippen molar-refractivity contribution in [2.24, 2.45) is 10.9 Å². The molecule has 0 aromatic rings. The summed E-state index contributed by atoms with van der Waals surface area (Å²) in [5.74, 6) is 1.22. The van der Waals surface area contributed by atoms with Crippen LogP contribution in [0.3, 0.4) is 0 Å². The molecule has 1 aliphatic heterocycles. The molecule has 0 fully saturated rings. The second-order valence-corrected chi connectivity index (χ2v) is 3.71. The van der Waals surface area contributed by atoms with E-state index in [2.05, 4.69) is 32.7 Å². The summed E-state index contributed by atoms with van der Waals surface area (Å²) in [6.07, 6.45) is 4.84. The SMILES string of the molecule is CCC1(C)C=CN=C(C(C)C)O1. The molecule has 0 amide bonds. The number of ether oxygens (including phenoxy) is 1. The van der Waals surface area contributed by atoms with Crippen LogP contribution >= 0.6 is 0 Å². The van der Waals surface area contributed by atoms with E-state index in [9.17, 15) is 0 Å². The Morgan fingerprint density at radius 1 is 1.58 bits per heavy atom. The van der Waals surface area contributed by atoms with E-state index < -0.39 is 0 Å². The second-order valence-electron chi connectivity index (χ2n) is 3.71. The molecule has 0 spiro atoms. The highest BCUT2D eigenvalue weighted by Crippen LogP contribution is 2.22. The molecule has 0 aliphatic carbocycles. The van der Waals surface area contributed by atoms with Crippen LogP contribution in [0.5, 0.6) is 0 Å². The molecule has 2 nitrogen and oxygen atoms in total. The fraction of sp³-hybridized carbons (Fsp3) is 0.700. The molecule has 0 aromatic carbocycles. The van der Waals surface area contributed by atoms with E-state index >= 15 is 0 Å². The van der Waals surface area contributed by atoms with Gasteiger partial charge >= 0.3 is 0 Å². The summed E-state index contributed by atoms with van der Waals surface area (Å²) >= 11 is 0. The van der Waals surface area contributed by atoms with Crippen LogP contribution in [0.15, 0.2) is 17.3 Å². The smallest absolute Gasteiger partial charge is 0.191 e. The molecule has 0 aromatic heterocycles. The minimum absolute atomic E-state index is 0.138. The number of rotatable bonds is 2. The van der Waals surface area contributed by atoms with Gasteiger partial charge in [0, 0.05) is 12.1 Å².